The van der Waals surface area contributed by atoms with E-state index in [1.54, 1.807) is 0 Å². The molecule has 9 rings (SSSR count). The number of allylic oxidation sites excluding steroid dienone is 3. The van der Waals surface area contributed by atoms with Crippen molar-refractivity contribution in [1.82, 2.24) is 9.55 Å². The Bertz CT molecular complexity index is 2160. The average Bonchev–Trinajstić information content (AvgIpc) is 3.70. The molecule has 0 saturated carbocycles. The molecule has 0 radical (unpaired) electrons. The Morgan fingerprint density at radius 2 is 1.44 bits per heavy atom. The highest BCUT2D eigenvalue weighted by molar-refractivity contribution is 8.00. The summed E-state index contributed by atoms with van der Waals surface area (Å²) in [6.07, 6.45) is 9.06. The van der Waals surface area contributed by atoms with Gasteiger partial charge in [-0.3, -0.25) is 4.57 Å². The van der Waals surface area contributed by atoms with Crippen LogP contribution in [0.3, 0.4) is 0 Å². The summed E-state index contributed by atoms with van der Waals surface area (Å²) in [5, 5.41) is 0.476. The van der Waals surface area contributed by atoms with E-state index in [9.17, 15) is 0 Å². The first-order valence-electron chi connectivity index (χ1n) is 15.1. The molecule has 2 unspecified atom stereocenters. The first-order chi connectivity index (χ1) is 21.1. The maximum atomic E-state index is 5.23. The molecule has 1 aliphatic heterocycles. The maximum absolute atomic E-state index is 5.23. The lowest BCUT2D eigenvalue weighted by Crippen LogP contribution is -2.15. The Morgan fingerprint density at radius 3 is 2.40 bits per heavy atom. The molecule has 0 saturated heterocycles. The lowest BCUT2D eigenvalue weighted by Gasteiger charge is -2.22. The van der Waals surface area contributed by atoms with Crippen molar-refractivity contribution in [1.29, 1.82) is 0 Å². The van der Waals surface area contributed by atoms with Crippen molar-refractivity contribution in [2.75, 3.05) is 0 Å². The van der Waals surface area contributed by atoms with Crippen LogP contribution in [0.1, 0.15) is 36.5 Å². The minimum Gasteiger partial charge on any atom is -0.292 e. The smallest absolute Gasteiger partial charge is 0.145 e. The summed E-state index contributed by atoms with van der Waals surface area (Å²) in [6, 6.07) is 40.1. The van der Waals surface area contributed by atoms with E-state index in [4.69, 9.17) is 4.98 Å². The van der Waals surface area contributed by atoms with Crippen LogP contribution in [0.15, 0.2) is 138 Å². The SMILES string of the molecule is CC1(C)c2ccccc2-c2ccc(-n3c(-c4cccc(-c5cccc6c5SC5C=CC=CC65)c4)nc4ccccc43)cc21. The highest BCUT2D eigenvalue weighted by atomic mass is 32.2. The second kappa shape index (κ2) is 9.20. The van der Waals surface area contributed by atoms with Crippen LogP contribution in [-0.2, 0) is 5.41 Å². The second-order valence-corrected chi connectivity index (χ2v) is 13.5. The fourth-order valence-corrected chi connectivity index (χ4v) is 8.91. The van der Waals surface area contributed by atoms with E-state index in [0.717, 1.165) is 28.1 Å². The molecule has 2 aliphatic carbocycles. The molecule has 5 aromatic carbocycles. The molecule has 1 aromatic heterocycles. The van der Waals surface area contributed by atoms with E-state index >= 15 is 0 Å². The van der Waals surface area contributed by atoms with Crippen LogP contribution in [0.4, 0.5) is 0 Å². The van der Waals surface area contributed by atoms with Gasteiger partial charge in [-0.25, -0.2) is 4.98 Å². The van der Waals surface area contributed by atoms with Gasteiger partial charge in [0.25, 0.3) is 0 Å². The van der Waals surface area contributed by atoms with Gasteiger partial charge in [-0.15, -0.1) is 11.8 Å². The van der Waals surface area contributed by atoms with Gasteiger partial charge in [0.15, 0.2) is 0 Å². The van der Waals surface area contributed by atoms with Gasteiger partial charge in [-0.05, 0) is 69.3 Å². The molecular weight excluding hydrogens is 541 g/mol. The molecule has 3 aliphatic rings. The van der Waals surface area contributed by atoms with E-state index < -0.39 is 0 Å². The Labute approximate surface area is 256 Å². The number of nitrogens with zero attached hydrogens (tertiary/aromatic N) is 2. The number of fused-ring (bicyclic) bond motifs is 7. The number of benzene rings is 5. The summed E-state index contributed by atoms with van der Waals surface area (Å²) >= 11 is 1.99. The van der Waals surface area contributed by atoms with E-state index in [1.807, 2.05) is 11.8 Å². The normalized spacial score (nSPS) is 18.8. The predicted octanol–water partition coefficient (Wildman–Crippen LogP) is 10.3. The number of imidazole rings is 1. The predicted molar refractivity (Wildman–Crippen MR) is 180 cm³/mol. The van der Waals surface area contributed by atoms with Gasteiger partial charge in [-0.1, -0.05) is 117 Å². The van der Waals surface area contributed by atoms with E-state index in [1.165, 1.54) is 43.8 Å². The van der Waals surface area contributed by atoms with Gasteiger partial charge in [0.05, 0.1) is 11.0 Å². The number of para-hydroxylation sites is 2. The third kappa shape index (κ3) is 3.64. The largest absolute Gasteiger partial charge is 0.292 e. The Morgan fingerprint density at radius 1 is 0.674 bits per heavy atom. The minimum atomic E-state index is -0.0642. The number of rotatable bonds is 3. The van der Waals surface area contributed by atoms with Crippen molar-refractivity contribution >= 4 is 22.8 Å². The quantitative estimate of drug-likeness (QED) is 0.211. The summed E-state index contributed by atoms with van der Waals surface area (Å²) in [5.74, 6) is 1.42. The molecule has 2 heterocycles. The first kappa shape index (κ1) is 24.9. The Balaban J connectivity index is 1.20. The van der Waals surface area contributed by atoms with Gasteiger partial charge in [0.1, 0.15) is 5.82 Å². The molecule has 0 bridgehead atoms. The highest BCUT2D eigenvalue weighted by Gasteiger charge is 2.36. The molecule has 2 nitrogen and oxygen atoms in total. The number of aromatic nitrogens is 2. The summed E-state index contributed by atoms with van der Waals surface area (Å²) in [5.41, 5.74) is 13.7. The van der Waals surface area contributed by atoms with Gasteiger partial charge in [0, 0.05) is 32.7 Å². The zero-order valence-corrected chi connectivity index (χ0v) is 25.0. The Kier molecular flexibility index (Phi) is 5.34. The zero-order valence-electron chi connectivity index (χ0n) is 24.2. The molecule has 206 valence electrons. The van der Waals surface area contributed by atoms with E-state index in [0.29, 0.717) is 11.2 Å². The second-order valence-electron chi connectivity index (χ2n) is 12.3. The lowest BCUT2D eigenvalue weighted by molar-refractivity contribution is 0.660. The summed E-state index contributed by atoms with van der Waals surface area (Å²) < 4.78 is 2.35. The zero-order chi connectivity index (χ0) is 28.7. The summed E-state index contributed by atoms with van der Waals surface area (Å²) in [4.78, 5) is 6.64. The molecule has 2 atom stereocenters. The summed E-state index contributed by atoms with van der Waals surface area (Å²) in [6.45, 7) is 4.69. The molecule has 0 N–H and O–H groups in total. The fourth-order valence-electron chi connectivity index (χ4n) is 7.43. The lowest BCUT2D eigenvalue weighted by atomic mass is 9.82. The van der Waals surface area contributed by atoms with Crippen molar-refractivity contribution in [2.24, 2.45) is 0 Å². The van der Waals surface area contributed by atoms with Crippen LogP contribution in [-0.4, -0.2) is 14.8 Å². The van der Waals surface area contributed by atoms with Crippen LogP contribution in [0.25, 0.3) is 50.4 Å². The minimum absolute atomic E-state index is 0.0642. The van der Waals surface area contributed by atoms with E-state index in [2.05, 4.69) is 152 Å². The number of thioether (sulfide) groups is 1. The van der Waals surface area contributed by atoms with Crippen LogP contribution in [0.2, 0.25) is 0 Å². The fraction of sp³-hybridized carbons (Fsp3) is 0.125. The molecule has 0 fully saturated rings. The number of hydrogen-bond acceptors (Lipinski definition) is 2. The summed E-state index contributed by atoms with van der Waals surface area (Å²) in [7, 11) is 0. The molecule has 3 heteroatoms. The molecule has 43 heavy (non-hydrogen) atoms. The van der Waals surface area contributed by atoms with Crippen molar-refractivity contribution in [3.8, 4) is 39.3 Å². The first-order valence-corrected chi connectivity index (χ1v) is 15.9. The molecule has 6 aromatic rings. The van der Waals surface area contributed by atoms with Gasteiger partial charge in [0.2, 0.25) is 0 Å². The maximum Gasteiger partial charge on any atom is 0.145 e. The average molecular weight is 571 g/mol. The molecule has 0 amide bonds. The third-order valence-corrected chi connectivity index (χ3v) is 11.0. The van der Waals surface area contributed by atoms with Crippen LogP contribution >= 0.6 is 11.8 Å². The van der Waals surface area contributed by atoms with E-state index in [-0.39, 0.29) is 5.41 Å². The third-order valence-electron chi connectivity index (χ3n) is 9.56. The van der Waals surface area contributed by atoms with Crippen LogP contribution in [0, 0.1) is 0 Å². The van der Waals surface area contributed by atoms with Gasteiger partial charge >= 0.3 is 0 Å². The standard InChI is InChI=1S/C40H30N2S/c1-40(2)33-17-5-3-13-29(33)30-22-21-27(24-34(30)40)42-36-19-7-6-18-35(36)41-39(42)26-12-9-11-25(23-26)28-15-10-16-32-31-14-4-8-20-37(31)43-38(28)32/h3-24,31,37H,1-2H3. The molecular formula is C40H30N2S. The monoisotopic (exact) mass is 570 g/mol. The van der Waals surface area contributed by atoms with Gasteiger partial charge < -0.3 is 0 Å². The van der Waals surface area contributed by atoms with Crippen molar-refractivity contribution < 1.29 is 0 Å². The van der Waals surface area contributed by atoms with Crippen LogP contribution < -0.4 is 0 Å². The van der Waals surface area contributed by atoms with Gasteiger partial charge in [-0.2, -0.15) is 0 Å². The van der Waals surface area contributed by atoms with Crippen molar-refractivity contribution in [2.45, 2.75) is 35.3 Å². The Hall–Kier alpha value is -4.60. The number of hydrogen-bond donors (Lipinski definition) is 0. The molecule has 0 spiro atoms. The van der Waals surface area contributed by atoms with Crippen LogP contribution in [0.5, 0.6) is 0 Å². The topological polar surface area (TPSA) is 17.8 Å². The highest BCUT2D eigenvalue weighted by Crippen LogP contribution is 2.52. The van der Waals surface area contributed by atoms with Crippen molar-refractivity contribution in [3.05, 3.63) is 150 Å². The van der Waals surface area contributed by atoms with Crippen molar-refractivity contribution in [3.63, 3.8) is 0 Å².